The Morgan fingerprint density at radius 1 is 0.765 bits per heavy atom. The summed E-state index contributed by atoms with van der Waals surface area (Å²) < 4.78 is 11.0. The molecule has 6 heteroatoms. The highest BCUT2D eigenvalue weighted by atomic mass is 16.5. The van der Waals surface area contributed by atoms with E-state index < -0.39 is 0 Å². The van der Waals surface area contributed by atoms with Gasteiger partial charge in [0.1, 0.15) is 0 Å². The summed E-state index contributed by atoms with van der Waals surface area (Å²) >= 11 is 0. The molecule has 0 heterocycles. The number of ether oxygens (including phenoxy) is 2. The van der Waals surface area contributed by atoms with Gasteiger partial charge in [-0.1, -0.05) is 13.8 Å². The van der Waals surface area contributed by atoms with Crippen molar-refractivity contribution in [3.8, 4) is 0 Å². The van der Waals surface area contributed by atoms with Gasteiger partial charge in [0.25, 0.3) is 0 Å². The van der Waals surface area contributed by atoms with Crippen LogP contribution in [0.1, 0.15) is 40.5 Å². The van der Waals surface area contributed by atoms with Gasteiger partial charge >= 0.3 is 11.9 Å². The molecule has 0 spiro atoms. The molecule has 0 saturated heterocycles. The lowest BCUT2D eigenvalue weighted by molar-refractivity contribution is -0.376. The zero-order valence-electron chi connectivity index (χ0n) is 20.2. The molecule has 0 aromatic rings. The lowest BCUT2D eigenvalue weighted by Crippen LogP contribution is -2.81. The molecule has 0 aromatic heterocycles. The summed E-state index contributed by atoms with van der Waals surface area (Å²) in [5.74, 6) is 3.35. The Morgan fingerprint density at radius 3 is 1.56 bits per heavy atom. The van der Waals surface area contributed by atoms with Gasteiger partial charge in [-0.05, 0) is 83.2 Å². The third kappa shape index (κ3) is 2.04. The average molecular weight is 465 g/mol. The standard InChI is InChI=1S/C28H32O6/c1-11(29)33-9-17-13-7-14(18(17)10-34-12(2)30)24-23(13)27(3)25-15-8-16(26(25)28(24,27)4)22-20(32)6-5-19(31)21(15)22/h5-6,13-18,23-26H,7-10H2,1-4H3/t13-,14+,15+,16-,17+,18-,23?,24?,25?,26?,27-,28+. The molecule has 34 heavy (non-hydrogen) atoms. The number of hydrogen-bond donors (Lipinski definition) is 0. The number of esters is 2. The second kappa shape index (κ2) is 6.30. The Labute approximate surface area is 199 Å². The quantitative estimate of drug-likeness (QED) is 0.469. The molecule has 0 aliphatic heterocycles. The van der Waals surface area contributed by atoms with Crippen LogP contribution in [0, 0.1) is 70.0 Å². The number of rotatable bonds is 4. The second-order valence-corrected chi connectivity index (χ2v) is 12.5. The summed E-state index contributed by atoms with van der Waals surface area (Å²) in [7, 11) is 0. The summed E-state index contributed by atoms with van der Waals surface area (Å²) in [6.07, 6.45) is 5.01. The molecule has 4 bridgehead atoms. The molecule has 7 aliphatic rings. The molecule has 4 unspecified atom stereocenters. The number of fused-ring (bicyclic) bond motifs is 17. The molecule has 0 radical (unpaired) electrons. The Kier molecular flexibility index (Phi) is 3.91. The van der Waals surface area contributed by atoms with E-state index in [2.05, 4.69) is 13.8 Å². The first kappa shape index (κ1) is 21.1. The monoisotopic (exact) mass is 464 g/mol. The van der Waals surface area contributed by atoms with E-state index in [9.17, 15) is 19.2 Å². The normalized spacial score (nSPS) is 52.5. The van der Waals surface area contributed by atoms with E-state index in [-0.39, 0.29) is 58.0 Å². The van der Waals surface area contributed by atoms with Crippen LogP contribution in [0.3, 0.4) is 0 Å². The van der Waals surface area contributed by atoms with Crippen molar-refractivity contribution in [2.75, 3.05) is 13.2 Å². The van der Waals surface area contributed by atoms with E-state index in [1.54, 1.807) is 0 Å². The summed E-state index contributed by atoms with van der Waals surface area (Å²) in [6.45, 7) is 8.59. The molecule has 180 valence electrons. The van der Waals surface area contributed by atoms with Crippen LogP contribution in [0.4, 0.5) is 0 Å². The minimum atomic E-state index is -0.264. The molecule has 0 aromatic carbocycles. The maximum atomic E-state index is 12.8. The van der Waals surface area contributed by atoms with E-state index in [4.69, 9.17) is 9.47 Å². The fourth-order valence-electron chi connectivity index (χ4n) is 11.5. The smallest absolute Gasteiger partial charge is 0.302 e. The van der Waals surface area contributed by atoms with Crippen LogP contribution in [-0.2, 0) is 28.7 Å². The Morgan fingerprint density at radius 2 is 1.18 bits per heavy atom. The predicted octanol–water partition coefficient (Wildman–Crippen LogP) is 3.15. The Balaban J connectivity index is 1.25. The minimum absolute atomic E-state index is 0.0516. The van der Waals surface area contributed by atoms with Gasteiger partial charge in [0.15, 0.2) is 11.6 Å². The largest absolute Gasteiger partial charge is 0.466 e. The van der Waals surface area contributed by atoms with Crippen molar-refractivity contribution in [3.63, 3.8) is 0 Å². The van der Waals surface area contributed by atoms with Crippen molar-refractivity contribution >= 4 is 23.5 Å². The number of carbonyl (C=O) groups excluding carboxylic acids is 4. The summed E-state index contributed by atoms with van der Waals surface area (Å²) in [5, 5.41) is 0. The Hall–Kier alpha value is -2.24. The van der Waals surface area contributed by atoms with E-state index in [0.29, 0.717) is 48.7 Å². The summed E-state index contributed by atoms with van der Waals surface area (Å²) in [4.78, 5) is 48.9. The van der Waals surface area contributed by atoms with Crippen molar-refractivity contribution in [1.82, 2.24) is 0 Å². The second-order valence-electron chi connectivity index (χ2n) is 12.5. The van der Waals surface area contributed by atoms with Crippen LogP contribution in [-0.4, -0.2) is 36.7 Å². The van der Waals surface area contributed by atoms with Crippen molar-refractivity contribution in [1.29, 1.82) is 0 Å². The topological polar surface area (TPSA) is 86.7 Å². The molecule has 7 rings (SSSR count). The van der Waals surface area contributed by atoms with Crippen LogP contribution in [0.5, 0.6) is 0 Å². The van der Waals surface area contributed by atoms with Gasteiger partial charge in [0, 0.05) is 36.8 Å². The molecule has 0 amide bonds. The van der Waals surface area contributed by atoms with E-state index in [1.807, 2.05) is 0 Å². The molecule has 6 nitrogen and oxygen atoms in total. The zero-order chi connectivity index (χ0) is 23.9. The molecule has 7 aliphatic carbocycles. The molecule has 5 fully saturated rings. The number of ketones is 2. The van der Waals surface area contributed by atoms with Gasteiger partial charge in [-0.25, -0.2) is 0 Å². The van der Waals surface area contributed by atoms with Crippen molar-refractivity contribution in [3.05, 3.63) is 23.3 Å². The number of allylic oxidation sites excluding steroid dienone is 4. The van der Waals surface area contributed by atoms with Crippen LogP contribution in [0.2, 0.25) is 0 Å². The fourth-order valence-corrected chi connectivity index (χ4v) is 11.5. The maximum Gasteiger partial charge on any atom is 0.302 e. The van der Waals surface area contributed by atoms with Crippen LogP contribution < -0.4 is 0 Å². The molecule has 5 saturated carbocycles. The highest BCUT2D eigenvalue weighted by Crippen LogP contribution is 2.93. The SMILES string of the molecule is CC(=O)OC[C@@H]1[C@H](COC(C)=O)[C@@H]2C[C@H]1C1C2[C@@]2(C)C3C([C@H]4C[C@@H]3C3=C4C(=O)C=CC3=O)[C@@]12C. The first-order chi connectivity index (χ1) is 16.1. The van der Waals surface area contributed by atoms with Crippen LogP contribution >= 0.6 is 0 Å². The van der Waals surface area contributed by atoms with E-state index >= 15 is 0 Å². The average Bonchev–Trinajstić information content (AvgIpc) is 3.53. The van der Waals surface area contributed by atoms with Crippen LogP contribution in [0.25, 0.3) is 0 Å². The van der Waals surface area contributed by atoms with Gasteiger partial charge in [-0.15, -0.1) is 0 Å². The lowest BCUT2D eigenvalue weighted by Gasteiger charge is -2.84. The molecular weight excluding hydrogens is 432 g/mol. The summed E-state index contributed by atoms with van der Waals surface area (Å²) in [6, 6.07) is 0. The van der Waals surface area contributed by atoms with Crippen molar-refractivity contribution in [2.24, 2.45) is 70.0 Å². The van der Waals surface area contributed by atoms with Crippen molar-refractivity contribution < 1.29 is 28.7 Å². The third-order valence-electron chi connectivity index (χ3n) is 12.1. The lowest BCUT2D eigenvalue weighted by atomic mass is 9.19. The van der Waals surface area contributed by atoms with Gasteiger partial charge in [-0.2, -0.15) is 0 Å². The summed E-state index contributed by atoms with van der Waals surface area (Å²) in [5.41, 5.74) is 1.95. The molecule has 12 atom stereocenters. The zero-order valence-corrected chi connectivity index (χ0v) is 20.2. The minimum Gasteiger partial charge on any atom is -0.466 e. The molecular formula is C28H32O6. The third-order valence-corrected chi connectivity index (χ3v) is 12.1. The Bertz CT molecular complexity index is 1050. The fraction of sp³-hybridized carbons (Fsp3) is 0.714. The maximum absolute atomic E-state index is 12.8. The van der Waals surface area contributed by atoms with Crippen LogP contribution in [0.15, 0.2) is 23.3 Å². The van der Waals surface area contributed by atoms with E-state index in [0.717, 1.165) is 24.0 Å². The first-order valence-corrected chi connectivity index (χ1v) is 12.9. The van der Waals surface area contributed by atoms with Gasteiger partial charge in [-0.3, -0.25) is 19.2 Å². The van der Waals surface area contributed by atoms with Gasteiger partial charge in [0.2, 0.25) is 0 Å². The van der Waals surface area contributed by atoms with Crippen molar-refractivity contribution in [2.45, 2.75) is 40.5 Å². The highest BCUT2D eigenvalue weighted by molar-refractivity contribution is 6.21. The van der Waals surface area contributed by atoms with Gasteiger partial charge in [0.05, 0.1) is 13.2 Å². The predicted molar refractivity (Wildman–Crippen MR) is 120 cm³/mol. The highest BCUT2D eigenvalue weighted by Gasteiger charge is 2.90. The van der Waals surface area contributed by atoms with E-state index in [1.165, 1.54) is 26.0 Å². The van der Waals surface area contributed by atoms with Gasteiger partial charge < -0.3 is 9.47 Å². The number of carbonyl (C=O) groups is 4. The molecule has 0 N–H and O–H groups in total. The number of hydrogen-bond acceptors (Lipinski definition) is 6. The first-order valence-electron chi connectivity index (χ1n) is 12.9.